The Kier molecular flexibility index (Phi) is 8.23. The first kappa shape index (κ1) is 25.5. The quantitative estimate of drug-likeness (QED) is 0.109. The normalized spacial score (nSPS) is 10.5. The molecule has 0 atom stereocenters. The van der Waals surface area contributed by atoms with Crippen molar-refractivity contribution in [2.24, 2.45) is 0 Å². The Morgan fingerprint density at radius 3 is 2.30 bits per heavy atom. The van der Waals surface area contributed by atoms with E-state index in [2.05, 4.69) is 31.2 Å². The molecule has 0 unspecified atom stereocenters. The standard InChI is InChI=1S/C25H25N7O4S/c1-15-20-22(27-14-28-24(20)37-21(15)23(34)26-13-5-8-19(33)32-36)29-17-9-11-18(12-10-17)31-25(35)30-16-6-3-2-4-7-16/h2-4,6-7,9-12,14,36H,5,8,13H2,1H3,(H,26,34)(H,32,33)(H,27,28,29)(H2,30,31,35). The summed E-state index contributed by atoms with van der Waals surface area (Å²) in [7, 11) is 0. The molecule has 4 aromatic rings. The Labute approximate surface area is 216 Å². The van der Waals surface area contributed by atoms with Gasteiger partial charge < -0.3 is 21.3 Å². The van der Waals surface area contributed by atoms with Crippen molar-refractivity contribution in [1.29, 1.82) is 0 Å². The molecular formula is C25H25N7O4S. The third-order valence-corrected chi connectivity index (χ3v) is 6.56. The number of anilines is 4. The highest BCUT2D eigenvalue weighted by Gasteiger charge is 2.19. The Morgan fingerprint density at radius 1 is 0.919 bits per heavy atom. The van der Waals surface area contributed by atoms with Crippen LogP contribution in [0.15, 0.2) is 60.9 Å². The van der Waals surface area contributed by atoms with Crippen molar-refractivity contribution in [1.82, 2.24) is 20.8 Å². The van der Waals surface area contributed by atoms with Gasteiger partial charge in [0.05, 0.1) is 10.3 Å². The topological polar surface area (TPSA) is 157 Å². The second kappa shape index (κ2) is 11.9. The van der Waals surface area contributed by atoms with E-state index in [1.165, 1.54) is 17.7 Å². The van der Waals surface area contributed by atoms with Crippen LogP contribution in [0.25, 0.3) is 10.2 Å². The van der Waals surface area contributed by atoms with Crippen LogP contribution in [0.1, 0.15) is 28.1 Å². The van der Waals surface area contributed by atoms with Crippen LogP contribution in [0.5, 0.6) is 0 Å². The fraction of sp³-hybridized carbons (Fsp3) is 0.160. The molecule has 0 aliphatic rings. The predicted molar refractivity (Wildman–Crippen MR) is 142 cm³/mol. The van der Waals surface area contributed by atoms with E-state index in [9.17, 15) is 14.4 Å². The molecule has 12 heteroatoms. The number of hydroxylamine groups is 1. The summed E-state index contributed by atoms with van der Waals surface area (Å²) in [6.07, 6.45) is 1.93. The zero-order valence-electron chi connectivity index (χ0n) is 19.9. The van der Waals surface area contributed by atoms with Gasteiger partial charge in [-0.1, -0.05) is 18.2 Å². The van der Waals surface area contributed by atoms with Crippen LogP contribution in [0.4, 0.5) is 27.7 Å². The van der Waals surface area contributed by atoms with E-state index < -0.39 is 5.91 Å². The number of rotatable bonds is 9. The second-order valence-electron chi connectivity index (χ2n) is 8.00. The number of urea groups is 1. The third kappa shape index (κ3) is 6.57. The highest BCUT2D eigenvalue weighted by atomic mass is 32.1. The number of carbonyl (C=O) groups is 3. The van der Waals surface area contributed by atoms with Crippen LogP contribution < -0.4 is 26.7 Å². The van der Waals surface area contributed by atoms with E-state index in [4.69, 9.17) is 5.21 Å². The van der Waals surface area contributed by atoms with Crippen LogP contribution in [0.3, 0.4) is 0 Å². The van der Waals surface area contributed by atoms with Gasteiger partial charge in [0.2, 0.25) is 5.91 Å². The van der Waals surface area contributed by atoms with Gasteiger partial charge in [-0.25, -0.2) is 20.2 Å². The summed E-state index contributed by atoms with van der Waals surface area (Å²) >= 11 is 1.26. The fourth-order valence-corrected chi connectivity index (χ4v) is 4.62. The van der Waals surface area contributed by atoms with E-state index in [0.717, 1.165) is 16.6 Å². The largest absolute Gasteiger partial charge is 0.351 e. The Hall–Kier alpha value is -4.55. The summed E-state index contributed by atoms with van der Waals surface area (Å²) in [5.74, 6) is -0.211. The summed E-state index contributed by atoms with van der Waals surface area (Å²) in [5, 5.41) is 20.9. The number of aryl methyl sites for hydroxylation is 1. The molecule has 37 heavy (non-hydrogen) atoms. The predicted octanol–water partition coefficient (Wildman–Crippen LogP) is 4.40. The first-order valence-corrected chi connectivity index (χ1v) is 12.2. The van der Waals surface area contributed by atoms with Gasteiger partial charge in [-0.2, -0.15) is 0 Å². The molecule has 0 aliphatic heterocycles. The number of thiophene rings is 1. The molecule has 0 saturated heterocycles. The summed E-state index contributed by atoms with van der Waals surface area (Å²) < 4.78 is 0. The molecule has 0 saturated carbocycles. The lowest BCUT2D eigenvalue weighted by Crippen LogP contribution is -2.26. The van der Waals surface area contributed by atoms with Crippen molar-refractivity contribution in [2.45, 2.75) is 19.8 Å². The first-order valence-electron chi connectivity index (χ1n) is 11.4. The molecule has 0 aliphatic carbocycles. The molecule has 2 aromatic heterocycles. The number of amides is 4. The van der Waals surface area contributed by atoms with Gasteiger partial charge in [-0.05, 0) is 55.3 Å². The number of hydrogen-bond acceptors (Lipinski definition) is 8. The van der Waals surface area contributed by atoms with Crippen LogP contribution in [0.2, 0.25) is 0 Å². The zero-order valence-corrected chi connectivity index (χ0v) is 20.7. The van der Waals surface area contributed by atoms with E-state index in [0.29, 0.717) is 39.9 Å². The molecule has 2 aromatic carbocycles. The van der Waals surface area contributed by atoms with Crippen LogP contribution in [-0.4, -0.2) is 39.6 Å². The van der Waals surface area contributed by atoms with Crippen molar-refractivity contribution in [2.75, 3.05) is 22.5 Å². The minimum atomic E-state index is -0.502. The van der Waals surface area contributed by atoms with E-state index >= 15 is 0 Å². The minimum Gasteiger partial charge on any atom is -0.351 e. The lowest BCUT2D eigenvalue weighted by Gasteiger charge is -2.10. The van der Waals surface area contributed by atoms with Gasteiger partial charge in [-0.3, -0.25) is 14.8 Å². The van der Waals surface area contributed by atoms with E-state index in [1.54, 1.807) is 29.7 Å². The van der Waals surface area contributed by atoms with Gasteiger partial charge >= 0.3 is 6.03 Å². The summed E-state index contributed by atoms with van der Waals surface area (Å²) in [6.45, 7) is 2.13. The molecule has 4 rings (SSSR count). The van der Waals surface area contributed by atoms with Crippen LogP contribution in [-0.2, 0) is 4.79 Å². The highest BCUT2D eigenvalue weighted by molar-refractivity contribution is 7.20. The van der Waals surface area contributed by atoms with Crippen LogP contribution in [0, 0.1) is 6.92 Å². The first-order chi connectivity index (χ1) is 17.9. The Bertz CT molecular complexity index is 1410. The van der Waals surface area contributed by atoms with Gasteiger partial charge in [0.1, 0.15) is 17.0 Å². The van der Waals surface area contributed by atoms with Gasteiger partial charge in [-0.15, -0.1) is 11.3 Å². The lowest BCUT2D eigenvalue weighted by atomic mass is 10.2. The second-order valence-corrected chi connectivity index (χ2v) is 9.00. The molecule has 0 fully saturated rings. The maximum absolute atomic E-state index is 12.7. The number of fused-ring (bicyclic) bond motifs is 1. The molecule has 11 nitrogen and oxygen atoms in total. The third-order valence-electron chi connectivity index (χ3n) is 5.36. The molecule has 6 N–H and O–H groups in total. The van der Waals surface area contributed by atoms with Gasteiger partial charge in [0, 0.05) is 30.0 Å². The summed E-state index contributed by atoms with van der Waals surface area (Å²) in [5.41, 5.74) is 4.36. The highest BCUT2D eigenvalue weighted by Crippen LogP contribution is 2.34. The molecule has 2 heterocycles. The molecule has 0 bridgehead atoms. The molecular weight excluding hydrogens is 494 g/mol. The van der Waals surface area contributed by atoms with Crippen molar-refractivity contribution >= 4 is 62.3 Å². The summed E-state index contributed by atoms with van der Waals surface area (Å²) in [4.78, 5) is 45.9. The van der Waals surface area contributed by atoms with E-state index in [-0.39, 0.29) is 18.4 Å². The number of para-hydroxylation sites is 1. The van der Waals surface area contributed by atoms with Crippen molar-refractivity contribution in [3.05, 3.63) is 71.4 Å². The van der Waals surface area contributed by atoms with Gasteiger partial charge in [0.15, 0.2) is 0 Å². The zero-order chi connectivity index (χ0) is 26.2. The minimum absolute atomic E-state index is 0.105. The smallest absolute Gasteiger partial charge is 0.323 e. The number of benzene rings is 2. The number of nitrogens with zero attached hydrogens (tertiary/aromatic N) is 2. The van der Waals surface area contributed by atoms with E-state index in [1.807, 2.05) is 37.3 Å². The number of aromatic nitrogens is 2. The Morgan fingerprint density at radius 2 is 1.59 bits per heavy atom. The number of hydrogen-bond donors (Lipinski definition) is 6. The summed E-state index contributed by atoms with van der Waals surface area (Å²) in [6, 6.07) is 16.0. The van der Waals surface area contributed by atoms with Crippen molar-refractivity contribution < 1.29 is 19.6 Å². The molecule has 0 radical (unpaired) electrons. The Balaban J connectivity index is 1.41. The molecule has 190 valence electrons. The average Bonchev–Trinajstić information content (AvgIpc) is 3.25. The fourth-order valence-electron chi connectivity index (χ4n) is 3.56. The lowest BCUT2D eigenvalue weighted by molar-refractivity contribution is -0.129. The monoisotopic (exact) mass is 519 g/mol. The molecule has 4 amide bonds. The van der Waals surface area contributed by atoms with Gasteiger partial charge in [0.25, 0.3) is 5.91 Å². The van der Waals surface area contributed by atoms with Crippen molar-refractivity contribution in [3.63, 3.8) is 0 Å². The van der Waals surface area contributed by atoms with Crippen molar-refractivity contribution in [3.8, 4) is 0 Å². The number of carbonyl (C=O) groups excluding carboxylic acids is 3. The van der Waals surface area contributed by atoms with Crippen LogP contribution >= 0.6 is 11.3 Å². The molecule has 0 spiro atoms. The maximum atomic E-state index is 12.7. The SMILES string of the molecule is Cc1c(C(=O)NCCCC(=O)NO)sc2ncnc(Nc3ccc(NC(=O)Nc4ccccc4)cc3)c12. The average molecular weight is 520 g/mol. The number of nitrogens with one attached hydrogen (secondary N) is 5. The maximum Gasteiger partial charge on any atom is 0.323 e.